The minimum atomic E-state index is -1.03. The molecular formula is C20H19ClN2O5. The first-order valence-electron chi connectivity index (χ1n) is 8.59. The van der Waals surface area contributed by atoms with Crippen LogP contribution in [0.25, 0.3) is 22.8 Å². The molecule has 0 saturated heterocycles. The van der Waals surface area contributed by atoms with Crippen molar-refractivity contribution >= 4 is 17.6 Å². The van der Waals surface area contributed by atoms with Crippen molar-refractivity contribution in [1.82, 2.24) is 10.1 Å². The molecule has 2 aromatic carbocycles. The van der Waals surface area contributed by atoms with Gasteiger partial charge in [0, 0.05) is 11.1 Å². The first-order valence-corrected chi connectivity index (χ1v) is 8.97. The summed E-state index contributed by atoms with van der Waals surface area (Å²) in [5.74, 6) is 0.760. The summed E-state index contributed by atoms with van der Waals surface area (Å²) in [7, 11) is 0. The average molecular weight is 403 g/mol. The van der Waals surface area contributed by atoms with Gasteiger partial charge in [0.1, 0.15) is 11.5 Å². The zero-order chi connectivity index (χ0) is 20.3. The van der Waals surface area contributed by atoms with Crippen LogP contribution in [-0.4, -0.2) is 33.9 Å². The van der Waals surface area contributed by atoms with E-state index in [9.17, 15) is 4.79 Å². The Morgan fingerprint density at radius 3 is 2.68 bits per heavy atom. The van der Waals surface area contributed by atoms with Crippen molar-refractivity contribution in [2.24, 2.45) is 0 Å². The Hall–Kier alpha value is -3.06. The Balaban J connectivity index is 1.82. The topological polar surface area (TPSA) is 94.7 Å². The van der Waals surface area contributed by atoms with Gasteiger partial charge in [0.2, 0.25) is 5.82 Å². The van der Waals surface area contributed by atoms with Gasteiger partial charge in [0.15, 0.2) is 6.61 Å². The number of ether oxygens (including phenoxy) is 2. The summed E-state index contributed by atoms with van der Waals surface area (Å²) >= 11 is 6.27. The van der Waals surface area contributed by atoms with Gasteiger partial charge < -0.3 is 19.1 Å². The Bertz CT molecular complexity index is 1000. The van der Waals surface area contributed by atoms with Crippen LogP contribution in [0.3, 0.4) is 0 Å². The van der Waals surface area contributed by atoms with Crippen LogP contribution in [0.2, 0.25) is 5.02 Å². The summed E-state index contributed by atoms with van der Waals surface area (Å²) in [6.45, 7) is 5.31. The first kappa shape index (κ1) is 19.7. The number of hydrogen-bond donors (Lipinski definition) is 1. The fraction of sp³-hybridized carbons (Fsp3) is 0.250. The Morgan fingerprint density at radius 2 is 2.04 bits per heavy atom. The molecule has 7 nitrogen and oxygen atoms in total. The smallest absolute Gasteiger partial charge is 0.341 e. The maximum atomic E-state index is 10.6. The van der Waals surface area contributed by atoms with E-state index in [1.807, 2.05) is 20.8 Å². The molecular weight excluding hydrogens is 384 g/mol. The fourth-order valence-corrected chi connectivity index (χ4v) is 2.78. The van der Waals surface area contributed by atoms with E-state index in [1.165, 1.54) is 0 Å². The largest absolute Gasteiger partial charge is 0.489 e. The molecule has 0 aliphatic carbocycles. The summed E-state index contributed by atoms with van der Waals surface area (Å²) in [6, 6.07) is 10.4. The van der Waals surface area contributed by atoms with E-state index in [0.717, 1.165) is 11.1 Å². The van der Waals surface area contributed by atoms with Gasteiger partial charge in [-0.15, -0.1) is 0 Å². The van der Waals surface area contributed by atoms with Gasteiger partial charge >= 0.3 is 5.97 Å². The Kier molecular flexibility index (Phi) is 5.84. The minimum Gasteiger partial charge on any atom is -0.489 e. The third-order valence-electron chi connectivity index (χ3n) is 3.77. The zero-order valence-corrected chi connectivity index (χ0v) is 16.4. The van der Waals surface area contributed by atoms with Crippen LogP contribution in [-0.2, 0) is 4.79 Å². The normalized spacial score (nSPS) is 10.9. The van der Waals surface area contributed by atoms with Crippen molar-refractivity contribution in [1.29, 1.82) is 0 Å². The van der Waals surface area contributed by atoms with E-state index in [1.54, 1.807) is 36.4 Å². The number of aromatic nitrogens is 2. The predicted molar refractivity (Wildman–Crippen MR) is 104 cm³/mol. The highest BCUT2D eigenvalue weighted by Crippen LogP contribution is 2.32. The van der Waals surface area contributed by atoms with Crippen molar-refractivity contribution < 1.29 is 23.9 Å². The number of hydrogen-bond acceptors (Lipinski definition) is 6. The van der Waals surface area contributed by atoms with E-state index in [2.05, 4.69) is 10.1 Å². The zero-order valence-electron chi connectivity index (χ0n) is 15.6. The van der Waals surface area contributed by atoms with Crippen LogP contribution in [0.15, 0.2) is 40.9 Å². The number of rotatable bonds is 7. The molecule has 1 heterocycles. The van der Waals surface area contributed by atoms with Crippen LogP contribution >= 0.6 is 11.6 Å². The first-order chi connectivity index (χ1) is 13.3. The molecule has 8 heteroatoms. The van der Waals surface area contributed by atoms with E-state index < -0.39 is 12.6 Å². The molecule has 146 valence electrons. The average Bonchev–Trinajstić information content (AvgIpc) is 3.11. The molecule has 1 aromatic heterocycles. The van der Waals surface area contributed by atoms with Crippen LogP contribution in [0.1, 0.15) is 19.4 Å². The standard InChI is InChI=1S/C20H19ClN2O5/c1-11(2)27-17-7-4-13(9-16(17)21)20-22-19(23-28-20)15-6-5-14(8-12(15)3)26-10-18(24)25/h4-9,11H,10H2,1-3H3,(H,24,25). The van der Waals surface area contributed by atoms with Gasteiger partial charge in [-0.05, 0) is 62.7 Å². The highest BCUT2D eigenvalue weighted by molar-refractivity contribution is 6.32. The number of halogens is 1. The molecule has 0 spiro atoms. The van der Waals surface area contributed by atoms with Crippen molar-refractivity contribution in [3.8, 4) is 34.3 Å². The second-order valence-corrected chi connectivity index (χ2v) is 6.80. The molecule has 0 fully saturated rings. The SMILES string of the molecule is Cc1cc(OCC(=O)O)ccc1-c1noc(-c2ccc(OC(C)C)c(Cl)c2)n1. The second kappa shape index (κ2) is 8.31. The van der Waals surface area contributed by atoms with E-state index >= 15 is 0 Å². The third kappa shape index (κ3) is 4.61. The monoisotopic (exact) mass is 402 g/mol. The lowest BCUT2D eigenvalue weighted by Gasteiger charge is -2.11. The van der Waals surface area contributed by atoms with E-state index in [4.69, 9.17) is 30.7 Å². The number of nitrogens with zero attached hydrogens (tertiary/aromatic N) is 2. The number of carbonyl (C=O) groups is 1. The fourth-order valence-electron chi connectivity index (χ4n) is 2.56. The number of aryl methyl sites for hydroxylation is 1. The summed E-state index contributed by atoms with van der Waals surface area (Å²) in [4.78, 5) is 15.0. The molecule has 0 atom stereocenters. The maximum absolute atomic E-state index is 10.6. The van der Waals surface area contributed by atoms with Crippen LogP contribution in [0.4, 0.5) is 0 Å². The quantitative estimate of drug-likeness (QED) is 0.616. The van der Waals surface area contributed by atoms with Gasteiger partial charge in [-0.3, -0.25) is 0 Å². The van der Waals surface area contributed by atoms with Gasteiger partial charge in [0.05, 0.1) is 11.1 Å². The molecule has 0 radical (unpaired) electrons. The van der Waals surface area contributed by atoms with Gasteiger partial charge in [0.25, 0.3) is 5.89 Å². The van der Waals surface area contributed by atoms with Crippen LogP contribution in [0.5, 0.6) is 11.5 Å². The van der Waals surface area contributed by atoms with Crippen LogP contribution < -0.4 is 9.47 Å². The van der Waals surface area contributed by atoms with Gasteiger partial charge in [-0.1, -0.05) is 16.8 Å². The second-order valence-electron chi connectivity index (χ2n) is 6.39. The summed E-state index contributed by atoms with van der Waals surface area (Å²) in [6.07, 6.45) is 0.0174. The maximum Gasteiger partial charge on any atom is 0.341 e. The molecule has 3 rings (SSSR count). The lowest BCUT2D eigenvalue weighted by Crippen LogP contribution is -2.09. The molecule has 0 amide bonds. The van der Waals surface area contributed by atoms with Crippen molar-refractivity contribution in [2.75, 3.05) is 6.61 Å². The number of carboxylic acids is 1. The summed E-state index contributed by atoms with van der Waals surface area (Å²) in [5.41, 5.74) is 2.26. The van der Waals surface area contributed by atoms with Crippen molar-refractivity contribution in [3.63, 3.8) is 0 Å². The van der Waals surface area contributed by atoms with Gasteiger partial charge in [-0.25, -0.2) is 4.79 Å². The number of benzene rings is 2. The summed E-state index contributed by atoms with van der Waals surface area (Å²) < 4.78 is 16.2. The number of aliphatic carboxylic acids is 1. The van der Waals surface area contributed by atoms with E-state index in [-0.39, 0.29) is 6.10 Å². The lowest BCUT2D eigenvalue weighted by molar-refractivity contribution is -0.139. The molecule has 3 aromatic rings. The minimum absolute atomic E-state index is 0.0174. The molecule has 0 unspecified atom stereocenters. The summed E-state index contributed by atoms with van der Waals surface area (Å²) in [5, 5.41) is 13.2. The molecule has 1 N–H and O–H groups in total. The van der Waals surface area contributed by atoms with Crippen LogP contribution in [0, 0.1) is 6.92 Å². The van der Waals surface area contributed by atoms with Crippen molar-refractivity contribution in [2.45, 2.75) is 26.9 Å². The predicted octanol–water partition coefficient (Wildman–Crippen LogP) is 4.62. The van der Waals surface area contributed by atoms with Gasteiger partial charge in [-0.2, -0.15) is 4.98 Å². The molecule has 0 aliphatic rings. The molecule has 0 aliphatic heterocycles. The molecule has 0 saturated carbocycles. The molecule has 0 bridgehead atoms. The van der Waals surface area contributed by atoms with E-state index in [0.29, 0.717) is 33.8 Å². The molecule has 28 heavy (non-hydrogen) atoms. The Morgan fingerprint density at radius 1 is 1.25 bits per heavy atom. The number of carboxylic acid groups (broad SMARTS) is 1. The highest BCUT2D eigenvalue weighted by atomic mass is 35.5. The third-order valence-corrected chi connectivity index (χ3v) is 4.06. The Labute approximate surface area is 166 Å². The van der Waals surface area contributed by atoms with Crippen molar-refractivity contribution in [3.05, 3.63) is 47.0 Å². The highest BCUT2D eigenvalue weighted by Gasteiger charge is 2.15. The lowest BCUT2D eigenvalue weighted by atomic mass is 10.1.